The van der Waals surface area contributed by atoms with E-state index in [2.05, 4.69) is 69.7 Å². The molecule has 0 saturated carbocycles. The molecule has 0 fully saturated rings. The summed E-state index contributed by atoms with van der Waals surface area (Å²) in [6.45, 7) is 6.66. The molecular formula is C24H24N8. The second-order valence-corrected chi connectivity index (χ2v) is 8.33. The molecule has 0 aliphatic heterocycles. The summed E-state index contributed by atoms with van der Waals surface area (Å²) in [5.41, 5.74) is 11.3. The average Bonchev–Trinajstić information content (AvgIpc) is 3.47. The van der Waals surface area contributed by atoms with Gasteiger partial charge < -0.3 is 10.3 Å². The van der Waals surface area contributed by atoms with Gasteiger partial charge in [0.1, 0.15) is 18.5 Å². The van der Waals surface area contributed by atoms with Crippen LogP contribution in [0.25, 0.3) is 39.2 Å². The zero-order valence-corrected chi connectivity index (χ0v) is 18.3. The Morgan fingerprint density at radius 1 is 1.00 bits per heavy atom. The zero-order chi connectivity index (χ0) is 22.3. The summed E-state index contributed by atoms with van der Waals surface area (Å²) >= 11 is 0. The van der Waals surface area contributed by atoms with E-state index in [-0.39, 0.29) is 11.5 Å². The number of nitrogens with zero attached hydrogens (tertiary/aromatic N) is 7. The summed E-state index contributed by atoms with van der Waals surface area (Å²) in [5, 5.41) is 4.34. The third kappa shape index (κ3) is 3.30. The molecule has 0 unspecified atom stereocenters. The minimum absolute atomic E-state index is 0.147. The fraction of sp³-hybridized carbons (Fsp3) is 0.208. The number of hydrogen-bond acceptors (Lipinski definition) is 6. The molecule has 0 spiro atoms. The standard InChI is InChI=1S/C24H24N8/c1-4-24(2,3)32-21-10-9-16(17-12-27-23(25)28-13-17)11-19(21)30-22(32)18-7-5-6-8-20(18)31-15-26-14-29-31/h5-15H,4H2,1-3H3,(H2,25,27,28). The molecule has 2 N–H and O–H groups in total. The smallest absolute Gasteiger partial charge is 0.219 e. The number of fused-ring (bicyclic) bond motifs is 1. The van der Waals surface area contributed by atoms with Crippen molar-refractivity contribution in [2.45, 2.75) is 32.7 Å². The van der Waals surface area contributed by atoms with Crippen molar-refractivity contribution in [2.75, 3.05) is 5.73 Å². The van der Waals surface area contributed by atoms with Crippen molar-refractivity contribution < 1.29 is 0 Å². The summed E-state index contributed by atoms with van der Waals surface area (Å²) in [5.74, 6) is 1.15. The van der Waals surface area contributed by atoms with Crippen LogP contribution in [0.15, 0.2) is 67.5 Å². The maximum Gasteiger partial charge on any atom is 0.219 e. The lowest BCUT2D eigenvalue weighted by Gasteiger charge is -2.28. The highest BCUT2D eigenvalue weighted by atomic mass is 15.3. The van der Waals surface area contributed by atoms with Crippen molar-refractivity contribution in [1.29, 1.82) is 0 Å². The van der Waals surface area contributed by atoms with Crippen molar-refractivity contribution in [3.8, 4) is 28.2 Å². The van der Waals surface area contributed by atoms with Crippen LogP contribution in [0.2, 0.25) is 0 Å². The van der Waals surface area contributed by atoms with Crippen molar-refractivity contribution >= 4 is 17.0 Å². The van der Waals surface area contributed by atoms with E-state index in [9.17, 15) is 0 Å². The van der Waals surface area contributed by atoms with Crippen LogP contribution in [0.3, 0.4) is 0 Å². The molecule has 32 heavy (non-hydrogen) atoms. The Labute approximate surface area is 185 Å². The van der Waals surface area contributed by atoms with Crippen LogP contribution in [0.4, 0.5) is 5.95 Å². The first-order chi connectivity index (χ1) is 15.5. The third-order valence-electron chi connectivity index (χ3n) is 5.94. The summed E-state index contributed by atoms with van der Waals surface area (Å²) in [7, 11) is 0. The number of nitrogens with two attached hydrogens (primary N) is 1. The monoisotopic (exact) mass is 424 g/mol. The van der Waals surface area contributed by atoms with E-state index in [0.29, 0.717) is 0 Å². The van der Waals surface area contributed by atoms with E-state index in [4.69, 9.17) is 10.7 Å². The van der Waals surface area contributed by atoms with Crippen molar-refractivity contribution in [3.63, 3.8) is 0 Å². The molecular weight excluding hydrogens is 400 g/mol. The first kappa shape index (κ1) is 19.9. The fourth-order valence-corrected chi connectivity index (χ4v) is 3.89. The predicted octanol–water partition coefficient (Wildman–Crippen LogP) is 4.47. The lowest BCUT2D eigenvalue weighted by Crippen LogP contribution is -2.26. The molecule has 3 heterocycles. The Hall–Kier alpha value is -4.07. The molecule has 2 aromatic carbocycles. The van der Waals surface area contributed by atoms with E-state index in [0.717, 1.165) is 45.7 Å². The van der Waals surface area contributed by atoms with Crippen LogP contribution in [0.1, 0.15) is 27.2 Å². The highest BCUT2D eigenvalue weighted by Gasteiger charge is 2.26. The van der Waals surface area contributed by atoms with Gasteiger partial charge in [0, 0.05) is 29.1 Å². The van der Waals surface area contributed by atoms with E-state index < -0.39 is 0 Å². The maximum atomic E-state index is 5.65. The van der Waals surface area contributed by atoms with Crippen LogP contribution in [0, 0.1) is 0 Å². The lowest BCUT2D eigenvalue weighted by molar-refractivity contribution is 0.356. The molecule has 8 nitrogen and oxygen atoms in total. The molecule has 0 radical (unpaired) electrons. The summed E-state index contributed by atoms with van der Waals surface area (Å²) in [6.07, 6.45) is 7.66. The number of imidazole rings is 1. The molecule has 0 bridgehead atoms. The second kappa shape index (κ2) is 7.56. The molecule has 0 amide bonds. The van der Waals surface area contributed by atoms with Gasteiger partial charge in [0.15, 0.2) is 0 Å². The summed E-state index contributed by atoms with van der Waals surface area (Å²) in [4.78, 5) is 17.5. The summed E-state index contributed by atoms with van der Waals surface area (Å²) in [6, 6.07) is 14.4. The van der Waals surface area contributed by atoms with Gasteiger partial charge in [-0.1, -0.05) is 25.1 Å². The van der Waals surface area contributed by atoms with Crippen LogP contribution >= 0.6 is 0 Å². The van der Waals surface area contributed by atoms with Gasteiger partial charge in [0.05, 0.1) is 16.7 Å². The van der Waals surface area contributed by atoms with Gasteiger partial charge in [-0.15, -0.1) is 0 Å². The van der Waals surface area contributed by atoms with Crippen LogP contribution < -0.4 is 5.73 Å². The number of nitrogen functional groups attached to an aromatic ring is 1. The Morgan fingerprint density at radius 2 is 1.78 bits per heavy atom. The SMILES string of the molecule is CCC(C)(C)n1c(-c2ccccc2-n2cncn2)nc2cc(-c3cnc(N)nc3)ccc21. The number of para-hydroxylation sites is 1. The lowest BCUT2D eigenvalue weighted by atomic mass is 9.99. The topological polar surface area (TPSA) is 100 Å². The molecule has 0 saturated heterocycles. The van der Waals surface area contributed by atoms with Crippen molar-refractivity contribution in [3.05, 3.63) is 67.5 Å². The third-order valence-corrected chi connectivity index (χ3v) is 5.94. The molecule has 0 aliphatic rings. The minimum atomic E-state index is -0.147. The number of aromatic nitrogens is 7. The Balaban J connectivity index is 1.76. The molecule has 0 atom stereocenters. The average molecular weight is 425 g/mol. The minimum Gasteiger partial charge on any atom is -0.368 e. The number of anilines is 1. The van der Waals surface area contributed by atoms with Gasteiger partial charge in [-0.2, -0.15) is 5.10 Å². The van der Waals surface area contributed by atoms with E-state index in [1.807, 2.05) is 18.2 Å². The van der Waals surface area contributed by atoms with Crippen LogP contribution in [-0.2, 0) is 5.54 Å². The van der Waals surface area contributed by atoms with Crippen LogP contribution in [0.5, 0.6) is 0 Å². The fourth-order valence-electron chi connectivity index (χ4n) is 3.89. The normalized spacial score (nSPS) is 11.8. The van der Waals surface area contributed by atoms with E-state index >= 15 is 0 Å². The number of hydrogen-bond donors (Lipinski definition) is 1. The van der Waals surface area contributed by atoms with Crippen molar-refractivity contribution in [2.24, 2.45) is 0 Å². The molecule has 3 aromatic heterocycles. The largest absolute Gasteiger partial charge is 0.368 e. The quantitative estimate of drug-likeness (QED) is 0.447. The van der Waals surface area contributed by atoms with Gasteiger partial charge in [-0.25, -0.2) is 24.6 Å². The second-order valence-electron chi connectivity index (χ2n) is 8.33. The molecule has 160 valence electrons. The predicted molar refractivity (Wildman–Crippen MR) is 125 cm³/mol. The number of rotatable bonds is 5. The number of benzene rings is 2. The zero-order valence-electron chi connectivity index (χ0n) is 18.3. The van der Waals surface area contributed by atoms with Gasteiger partial charge in [0.25, 0.3) is 0 Å². The van der Waals surface area contributed by atoms with E-state index in [1.165, 1.54) is 6.33 Å². The van der Waals surface area contributed by atoms with Gasteiger partial charge in [-0.05, 0) is 50.1 Å². The first-order valence-corrected chi connectivity index (χ1v) is 10.5. The Kier molecular flexibility index (Phi) is 4.70. The van der Waals surface area contributed by atoms with Gasteiger partial charge in [0.2, 0.25) is 5.95 Å². The van der Waals surface area contributed by atoms with Crippen LogP contribution in [-0.4, -0.2) is 34.3 Å². The Bertz CT molecular complexity index is 1380. The summed E-state index contributed by atoms with van der Waals surface area (Å²) < 4.78 is 4.09. The highest BCUT2D eigenvalue weighted by Crippen LogP contribution is 2.36. The molecule has 5 rings (SSSR count). The Morgan fingerprint density at radius 3 is 2.50 bits per heavy atom. The first-order valence-electron chi connectivity index (χ1n) is 10.5. The highest BCUT2D eigenvalue weighted by molar-refractivity contribution is 5.87. The molecule has 0 aliphatic carbocycles. The molecule has 8 heteroatoms. The molecule has 5 aromatic rings. The van der Waals surface area contributed by atoms with E-state index in [1.54, 1.807) is 23.4 Å². The van der Waals surface area contributed by atoms with Gasteiger partial charge >= 0.3 is 0 Å². The van der Waals surface area contributed by atoms with Gasteiger partial charge in [-0.3, -0.25) is 0 Å². The van der Waals surface area contributed by atoms with Crippen molar-refractivity contribution in [1.82, 2.24) is 34.3 Å². The maximum absolute atomic E-state index is 5.65.